The van der Waals surface area contributed by atoms with Crippen LogP contribution in [0.4, 0.5) is 0 Å². The lowest BCUT2D eigenvalue weighted by Crippen LogP contribution is -2.28. The van der Waals surface area contributed by atoms with E-state index in [0.29, 0.717) is 4.90 Å². The fourth-order valence-electron chi connectivity index (χ4n) is 3.27. The van der Waals surface area contributed by atoms with Crippen molar-refractivity contribution in [3.05, 3.63) is 102 Å². The number of rotatable bonds is 9. The minimum Gasteiger partial charge on any atom is -0.207 e. The lowest BCUT2D eigenvalue weighted by Gasteiger charge is -2.19. The molecule has 3 nitrogen and oxygen atoms in total. The lowest BCUT2D eigenvalue weighted by molar-refractivity contribution is 0.520. The van der Waals surface area contributed by atoms with Crippen molar-refractivity contribution in [1.29, 1.82) is 0 Å². The van der Waals surface area contributed by atoms with Crippen molar-refractivity contribution < 1.29 is 8.42 Å². The maximum absolute atomic E-state index is 12.9. The first kappa shape index (κ1) is 20.3. The van der Waals surface area contributed by atoms with E-state index in [9.17, 15) is 8.42 Å². The van der Waals surface area contributed by atoms with E-state index in [-0.39, 0.29) is 6.04 Å². The number of unbranched alkanes of at least 4 members (excludes halogenated alkanes) is 1. The molecule has 0 aliphatic heterocycles. The Bertz CT molecular complexity index is 953. The van der Waals surface area contributed by atoms with E-state index in [2.05, 4.69) is 29.0 Å². The summed E-state index contributed by atoms with van der Waals surface area (Å²) in [4.78, 5) is 0.309. The maximum atomic E-state index is 12.9. The molecule has 146 valence electrons. The van der Waals surface area contributed by atoms with Gasteiger partial charge in [-0.1, -0.05) is 84.8 Å². The molecule has 3 aromatic rings. The molecule has 28 heavy (non-hydrogen) atoms. The van der Waals surface area contributed by atoms with Crippen LogP contribution < -0.4 is 4.72 Å². The Hall–Kier alpha value is -2.43. The van der Waals surface area contributed by atoms with Gasteiger partial charge in [-0.05, 0) is 49.4 Å². The van der Waals surface area contributed by atoms with Gasteiger partial charge in [-0.3, -0.25) is 0 Å². The van der Waals surface area contributed by atoms with Crippen LogP contribution >= 0.6 is 0 Å². The maximum Gasteiger partial charge on any atom is 0.241 e. The van der Waals surface area contributed by atoms with Gasteiger partial charge in [0.05, 0.1) is 4.90 Å². The SMILES string of the molecule is Cc1ccc(S(=O)(=O)N[C@H](CCCCc2ccccc2)c2ccccc2)cc1. The van der Waals surface area contributed by atoms with Crippen LogP contribution in [0.15, 0.2) is 89.8 Å². The van der Waals surface area contributed by atoms with Gasteiger partial charge in [0.15, 0.2) is 0 Å². The molecule has 0 fully saturated rings. The van der Waals surface area contributed by atoms with Crippen molar-refractivity contribution in [2.24, 2.45) is 0 Å². The third-order valence-corrected chi connectivity index (χ3v) is 6.37. The lowest BCUT2D eigenvalue weighted by atomic mass is 10.00. The molecule has 0 saturated carbocycles. The van der Waals surface area contributed by atoms with Gasteiger partial charge in [0, 0.05) is 6.04 Å². The first-order chi connectivity index (χ1) is 13.5. The Morgan fingerprint density at radius 2 is 1.39 bits per heavy atom. The second kappa shape index (κ2) is 9.67. The van der Waals surface area contributed by atoms with Gasteiger partial charge in [0.1, 0.15) is 0 Å². The van der Waals surface area contributed by atoms with Gasteiger partial charge < -0.3 is 0 Å². The van der Waals surface area contributed by atoms with Crippen LogP contribution in [0, 0.1) is 6.92 Å². The van der Waals surface area contributed by atoms with Gasteiger partial charge in [0.2, 0.25) is 10.0 Å². The molecule has 3 rings (SSSR count). The Morgan fingerprint density at radius 3 is 2.04 bits per heavy atom. The summed E-state index contributed by atoms with van der Waals surface area (Å²) in [5, 5.41) is 0. The molecule has 1 N–H and O–H groups in total. The molecule has 4 heteroatoms. The summed E-state index contributed by atoms with van der Waals surface area (Å²) in [6, 6.07) is 27.0. The van der Waals surface area contributed by atoms with Gasteiger partial charge in [-0.2, -0.15) is 0 Å². The molecular weight excluding hydrogens is 366 g/mol. The van der Waals surface area contributed by atoms with E-state index in [0.717, 1.165) is 36.8 Å². The van der Waals surface area contributed by atoms with Gasteiger partial charge in [0.25, 0.3) is 0 Å². The van der Waals surface area contributed by atoms with Crippen molar-refractivity contribution in [3.8, 4) is 0 Å². The van der Waals surface area contributed by atoms with E-state index in [1.165, 1.54) is 5.56 Å². The van der Waals surface area contributed by atoms with Crippen LogP contribution in [0.3, 0.4) is 0 Å². The van der Waals surface area contributed by atoms with Gasteiger partial charge in [-0.25, -0.2) is 13.1 Å². The Kier molecular flexibility index (Phi) is 7.01. The molecule has 0 heterocycles. The third kappa shape index (κ3) is 5.78. The van der Waals surface area contributed by atoms with Crippen molar-refractivity contribution in [2.45, 2.75) is 43.5 Å². The molecule has 0 aliphatic rings. The number of aryl methyl sites for hydroxylation is 2. The summed E-state index contributed by atoms with van der Waals surface area (Å²) >= 11 is 0. The Morgan fingerprint density at radius 1 is 0.786 bits per heavy atom. The van der Waals surface area contributed by atoms with Crippen LogP contribution in [0.25, 0.3) is 0 Å². The summed E-state index contributed by atoms with van der Waals surface area (Å²) < 4.78 is 28.7. The zero-order valence-electron chi connectivity index (χ0n) is 16.2. The second-order valence-corrected chi connectivity index (χ2v) is 8.84. The molecule has 0 aliphatic carbocycles. The van der Waals surface area contributed by atoms with Crippen LogP contribution in [0.1, 0.15) is 42.0 Å². The highest BCUT2D eigenvalue weighted by Crippen LogP contribution is 2.23. The van der Waals surface area contributed by atoms with Crippen LogP contribution in [-0.2, 0) is 16.4 Å². The molecule has 0 unspecified atom stereocenters. The number of sulfonamides is 1. The van der Waals surface area contributed by atoms with E-state index in [4.69, 9.17) is 0 Å². The number of hydrogen-bond donors (Lipinski definition) is 1. The molecule has 0 saturated heterocycles. The average Bonchev–Trinajstić information content (AvgIpc) is 2.72. The standard InChI is InChI=1S/C24H27NO2S/c1-20-16-18-23(19-17-20)28(26,27)25-24(22-13-6-3-7-14-22)15-9-8-12-21-10-4-2-5-11-21/h2-7,10-11,13-14,16-19,24-25H,8-9,12,15H2,1H3/t24-/m1/s1. The quantitative estimate of drug-likeness (QED) is 0.493. The largest absolute Gasteiger partial charge is 0.241 e. The topological polar surface area (TPSA) is 46.2 Å². The Labute approximate surface area is 168 Å². The van der Waals surface area contributed by atoms with E-state index >= 15 is 0 Å². The zero-order valence-corrected chi connectivity index (χ0v) is 17.0. The molecule has 0 bridgehead atoms. The predicted molar refractivity (Wildman–Crippen MR) is 115 cm³/mol. The Balaban J connectivity index is 1.68. The highest BCUT2D eigenvalue weighted by molar-refractivity contribution is 7.89. The second-order valence-electron chi connectivity index (χ2n) is 7.13. The highest BCUT2D eigenvalue weighted by Gasteiger charge is 2.21. The minimum absolute atomic E-state index is 0.233. The molecule has 0 spiro atoms. The summed E-state index contributed by atoms with van der Waals surface area (Å²) in [6.07, 6.45) is 3.75. The summed E-state index contributed by atoms with van der Waals surface area (Å²) in [5.74, 6) is 0. The number of hydrogen-bond acceptors (Lipinski definition) is 2. The van der Waals surface area contributed by atoms with Crippen LogP contribution in [0.2, 0.25) is 0 Å². The first-order valence-electron chi connectivity index (χ1n) is 9.72. The molecule has 0 radical (unpaired) electrons. The number of nitrogens with one attached hydrogen (secondary N) is 1. The summed E-state index contributed by atoms with van der Waals surface area (Å²) in [7, 11) is -3.56. The van der Waals surface area contributed by atoms with E-state index in [1.807, 2.05) is 55.5 Å². The molecular formula is C24H27NO2S. The van der Waals surface area contributed by atoms with Crippen molar-refractivity contribution >= 4 is 10.0 Å². The van der Waals surface area contributed by atoms with Crippen LogP contribution in [0.5, 0.6) is 0 Å². The van der Waals surface area contributed by atoms with Gasteiger partial charge >= 0.3 is 0 Å². The van der Waals surface area contributed by atoms with Crippen LogP contribution in [-0.4, -0.2) is 8.42 Å². The van der Waals surface area contributed by atoms with Crippen molar-refractivity contribution in [3.63, 3.8) is 0 Å². The van der Waals surface area contributed by atoms with E-state index < -0.39 is 10.0 Å². The first-order valence-corrected chi connectivity index (χ1v) is 11.2. The van der Waals surface area contributed by atoms with Crippen molar-refractivity contribution in [2.75, 3.05) is 0 Å². The molecule has 0 aromatic heterocycles. The normalized spacial score (nSPS) is 12.6. The minimum atomic E-state index is -3.56. The summed E-state index contributed by atoms with van der Waals surface area (Å²) in [6.45, 7) is 1.95. The molecule has 1 atom stereocenters. The van der Waals surface area contributed by atoms with Gasteiger partial charge in [-0.15, -0.1) is 0 Å². The number of benzene rings is 3. The highest BCUT2D eigenvalue weighted by atomic mass is 32.2. The summed E-state index contributed by atoms with van der Waals surface area (Å²) in [5.41, 5.74) is 3.36. The average molecular weight is 394 g/mol. The predicted octanol–water partition coefficient (Wildman–Crippen LogP) is 5.43. The monoisotopic (exact) mass is 393 g/mol. The smallest absolute Gasteiger partial charge is 0.207 e. The van der Waals surface area contributed by atoms with Crippen molar-refractivity contribution in [1.82, 2.24) is 4.72 Å². The third-order valence-electron chi connectivity index (χ3n) is 4.88. The fraction of sp³-hybridized carbons (Fsp3) is 0.250. The fourth-order valence-corrected chi connectivity index (χ4v) is 4.53. The molecule has 0 amide bonds. The molecule has 3 aromatic carbocycles. The van der Waals surface area contributed by atoms with E-state index in [1.54, 1.807) is 12.1 Å². The zero-order chi connectivity index (χ0) is 19.8.